The summed E-state index contributed by atoms with van der Waals surface area (Å²) in [6, 6.07) is 19.7. The summed E-state index contributed by atoms with van der Waals surface area (Å²) in [5.74, 6) is -2.36. The molecule has 0 spiro atoms. The van der Waals surface area contributed by atoms with E-state index in [2.05, 4.69) is 5.32 Å². The van der Waals surface area contributed by atoms with Crippen LogP contribution in [0.2, 0.25) is 0 Å². The van der Waals surface area contributed by atoms with Crippen LogP contribution in [0.5, 0.6) is 0 Å². The molecule has 1 fully saturated rings. The molecule has 0 radical (unpaired) electrons. The molecule has 1 aromatic heterocycles. The molecule has 0 saturated carbocycles. The second kappa shape index (κ2) is 8.88. The number of nitrogens with one attached hydrogen (secondary N) is 1. The van der Waals surface area contributed by atoms with Crippen molar-refractivity contribution < 1.29 is 18.4 Å². The first-order valence-electron chi connectivity index (χ1n) is 10.8. The van der Waals surface area contributed by atoms with Crippen LogP contribution in [0.15, 0.2) is 78.4 Å². The fraction of sp³-hybridized carbons (Fsp3) is 0.0741. The maximum absolute atomic E-state index is 14.5. The number of amides is 2. The van der Waals surface area contributed by atoms with Gasteiger partial charge in [0.25, 0.3) is 11.8 Å². The summed E-state index contributed by atoms with van der Waals surface area (Å²) in [6.45, 7) is 2.12. The second-order valence-electron chi connectivity index (χ2n) is 8.10. The van der Waals surface area contributed by atoms with Gasteiger partial charge in [-0.15, -0.1) is 0 Å². The highest BCUT2D eigenvalue weighted by Crippen LogP contribution is 2.31. The Labute approximate surface area is 205 Å². The summed E-state index contributed by atoms with van der Waals surface area (Å²) < 4.78 is 30.8. The Bertz CT molecular complexity index is 1560. The van der Waals surface area contributed by atoms with Crippen LogP contribution in [-0.4, -0.2) is 21.5 Å². The number of benzene rings is 3. The second-order valence-corrected chi connectivity index (χ2v) is 8.49. The molecular formula is C27H19F2N3O2S. The average molecular weight is 488 g/mol. The lowest BCUT2D eigenvalue weighted by Gasteiger charge is -2.29. The van der Waals surface area contributed by atoms with E-state index in [1.807, 2.05) is 35.8 Å². The maximum atomic E-state index is 14.5. The highest BCUT2D eigenvalue weighted by molar-refractivity contribution is 7.80. The number of fused-ring (bicyclic) bond motifs is 1. The fourth-order valence-corrected chi connectivity index (χ4v) is 4.57. The van der Waals surface area contributed by atoms with Crippen molar-refractivity contribution in [2.75, 3.05) is 4.90 Å². The summed E-state index contributed by atoms with van der Waals surface area (Å²) in [7, 11) is 0. The Morgan fingerprint density at radius 1 is 0.914 bits per heavy atom. The smallest absolute Gasteiger partial charge is 0.270 e. The molecule has 3 aromatic carbocycles. The van der Waals surface area contributed by atoms with Crippen LogP contribution in [0.4, 0.5) is 14.5 Å². The summed E-state index contributed by atoms with van der Waals surface area (Å²) in [6.07, 6.45) is 1.49. The highest BCUT2D eigenvalue weighted by atomic mass is 32.1. The van der Waals surface area contributed by atoms with Crippen LogP contribution in [0, 0.1) is 18.6 Å². The zero-order chi connectivity index (χ0) is 24.7. The lowest BCUT2D eigenvalue weighted by molar-refractivity contribution is -0.122. The molecule has 174 valence electrons. The molecular weight excluding hydrogens is 468 g/mol. The van der Waals surface area contributed by atoms with Crippen LogP contribution >= 0.6 is 12.2 Å². The number of carbonyl (C=O) groups is 2. The van der Waals surface area contributed by atoms with E-state index in [4.69, 9.17) is 12.2 Å². The van der Waals surface area contributed by atoms with Gasteiger partial charge >= 0.3 is 0 Å². The molecule has 1 aliphatic heterocycles. The van der Waals surface area contributed by atoms with Crippen molar-refractivity contribution in [2.45, 2.75) is 13.5 Å². The van der Waals surface area contributed by atoms with E-state index in [1.54, 1.807) is 24.3 Å². The third kappa shape index (κ3) is 3.91. The van der Waals surface area contributed by atoms with Crippen molar-refractivity contribution in [3.63, 3.8) is 0 Å². The van der Waals surface area contributed by atoms with E-state index < -0.39 is 17.6 Å². The van der Waals surface area contributed by atoms with Crippen LogP contribution in [0.25, 0.3) is 17.0 Å². The molecule has 5 nitrogen and oxygen atoms in total. The Morgan fingerprint density at radius 2 is 1.57 bits per heavy atom. The van der Waals surface area contributed by atoms with Crippen LogP contribution in [-0.2, 0) is 16.1 Å². The first-order valence-corrected chi connectivity index (χ1v) is 11.2. The number of hydrogen-bond acceptors (Lipinski definition) is 3. The number of carbonyl (C=O) groups excluding carboxylic acids is 2. The molecule has 1 N–H and O–H groups in total. The van der Waals surface area contributed by atoms with Crippen LogP contribution in [0.3, 0.4) is 0 Å². The van der Waals surface area contributed by atoms with Gasteiger partial charge in [0.15, 0.2) is 5.11 Å². The lowest BCUT2D eigenvalue weighted by atomic mass is 10.0. The van der Waals surface area contributed by atoms with Crippen LogP contribution in [0.1, 0.15) is 16.8 Å². The van der Waals surface area contributed by atoms with E-state index in [9.17, 15) is 18.4 Å². The first-order chi connectivity index (χ1) is 16.9. The van der Waals surface area contributed by atoms with Gasteiger partial charge in [-0.3, -0.25) is 14.9 Å². The minimum atomic E-state index is -0.728. The SMILES string of the molecule is Cc1c(/C=C2\C(=O)NC(=S)N(c3ccccc3F)C2=O)c2ccccc2n1Cc1ccccc1F. The van der Waals surface area contributed by atoms with Crippen molar-refractivity contribution >= 4 is 51.8 Å². The molecule has 0 aliphatic carbocycles. The third-order valence-electron chi connectivity index (χ3n) is 6.05. The number of anilines is 1. The van der Waals surface area contributed by atoms with E-state index in [0.717, 1.165) is 21.5 Å². The quantitative estimate of drug-likeness (QED) is 0.247. The Hall–Kier alpha value is -4.17. The van der Waals surface area contributed by atoms with Crippen LogP contribution < -0.4 is 10.2 Å². The molecule has 2 heterocycles. The zero-order valence-corrected chi connectivity index (χ0v) is 19.4. The normalized spacial score (nSPS) is 15.2. The van der Waals surface area contributed by atoms with Gasteiger partial charge in [0.2, 0.25) is 0 Å². The third-order valence-corrected chi connectivity index (χ3v) is 6.33. The van der Waals surface area contributed by atoms with E-state index in [1.165, 1.54) is 30.3 Å². The van der Waals surface area contributed by atoms with Crippen molar-refractivity contribution in [3.8, 4) is 0 Å². The number of aromatic nitrogens is 1. The molecule has 1 aliphatic rings. The fourth-order valence-electron chi connectivity index (χ4n) is 4.29. The standard InChI is InChI=1S/C27H19F2N3O2S/c1-16-19(18-9-3-6-12-23(18)31(16)15-17-8-2-4-10-21(17)28)14-20-25(33)30-27(35)32(26(20)34)24-13-7-5-11-22(24)29/h2-14H,15H2,1H3,(H,30,33,35)/b20-14+. The highest BCUT2D eigenvalue weighted by Gasteiger charge is 2.36. The Kier molecular flexibility index (Phi) is 5.74. The molecule has 4 aromatic rings. The summed E-state index contributed by atoms with van der Waals surface area (Å²) in [5, 5.41) is 3.08. The predicted molar refractivity (Wildman–Crippen MR) is 135 cm³/mol. The van der Waals surface area contributed by atoms with Gasteiger partial charge in [0.05, 0.1) is 12.2 Å². The largest absolute Gasteiger partial charge is 0.340 e. The van der Waals surface area contributed by atoms with Gasteiger partial charge in [-0.25, -0.2) is 13.7 Å². The van der Waals surface area contributed by atoms with Crippen molar-refractivity contribution in [3.05, 3.63) is 107 Å². The summed E-state index contributed by atoms with van der Waals surface area (Å²) in [5.41, 5.74) is 2.49. The minimum absolute atomic E-state index is 0.0490. The molecule has 0 unspecified atom stereocenters. The van der Waals surface area contributed by atoms with Gasteiger partial charge in [0, 0.05) is 27.7 Å². The summed E-state index contributed by atoms with van der Waals surface area (Å²) in [4.78, 5) is 27.2. The number of thiocarbonyl (C=S) groups is 1. The minimum Gasteiger partial charge on any atom is -0.340 e. The monoisotopic (exact) mass is 487 g/mol. The van der Waals surface area contributed by atoms with E-state index in [-0.39, 0.29) is 28.7 Å². The molecule has 8 heteroatoms. The van der Waals surface area contributed by atoms with Crippen molar-refractivity contribution in [1.29, 1.82) is 0 Å². The van der Waals surface area contributed by atoms with Gasteiger partial charge in [-0.2, -0.15) is 0 Å². The molecule has 1 saturated heterocycles. The molecule has 2 amide bonds. The van der Waals surface area contributed by atoms with Crippen molar-refractivity contribution in [1.82, 2.24) is 9.88 Å². The van der Waals surface area contributed by atoms with E-state index >= 15 is 0 Å². The Balaban J connectivity index is 1.64. The first kappa shape index (κ1) is 22.6. The number of rotatable bonds is 4. The summed E-state index contributed by atoms with van der Waals surface area (Å²) >= 11 is 5.17. The van der Waals surface area contributed by atoms with Gasteiger partial charge in [-0.05, 0) is 49.5 Å². The van der Waals surface area contributed by atoms with Crippen molar-refractivity contribution in [2.24, 2.45) is 0 Å². The molecule has 5 rings (SSSR count). The van der Waals surface area contributed by atoms with Gasteiger partial charge < -0.3 is 4.57 Å². The number of hydrogen-bond donors (Lipinski definition) is 1. The number of halogens is 2. The Morgan fingerprint density at radius 3 is 2.31 bits per heavy atom. The van der Waals surface area contributed by atoms with Gasteiger partial charge in [0.1, 0.15) is 17.2 Å². The number of para-hydroxylation sites is 2. The van der Waals surface area contributed by atoms with Gasteiger partial charge in [-0.1, -0.05) is 48.5 Å². The zero-order valence-electron chi connectivity index (χ0n) is 18.6. The lowest BCUT2D eigenvalue weighted by Crippen LogP contribution is -2.54. The topological polar surface area (TPSA) is 54.3 Å². The average Bonchev–Trinajstić information content (AvgIpc) is 3.10. The predicted octanol–water partition coefficient (Wildman–Crippen LogP) is 5.11. The molecule has 35 heavy (non-hydrogen) atoms. The maximum Gasteiger partial charge on any atom is 0.270 e. The number of nitrogens with zero attached hydrogens (tertiary/aromatic N) is 2. The van der Waals surface area contributed by atoms with E-state index in [0.29, 0.717) is 11.1 Å². The molecule has 0 atom stereocenters. The molecule has 0 bridgehead atoms.